The molecule has 1 fully saturated rings. The SMILES string of the molecule is Cl.Cl.NC1(C(=O)OCOC(=O)/C=C/c2ccc(Cn3ccnc3)cc2)CCCC1. The monoisotopic (exact) mass is 441 g/mol. The predicted octanol–water partition coefficient (Wildman–Crippen LogP) is 3.10. The van der Waals surface area contributed by atoms with Crippen molar-refractivity contribution in [3.63, 3.8) is 0 Å². The first kappa shape index (κ1) is 24.7. The van der Waals surface area contributed by atoms with Crippen molar-refractivity contribution >= 4 is 42.8 Å². The van der Waals surface area contributed by atoms with Crippen LogP contribution in [0.25, 0.3) is 6.08 Å². The summed E-state index contributed by atoms with van der Waals surface area (Å²) in [7, 11) is 0. The maximum absolute atomic E-state index is 11.9. The number of carbonyl (C=O) groups excluding carboxylic acids is 2. The van der Waals surface area contributed by atoms with Gasteiger partial charge in [-0.1, -0.05) is 37.1 Å². The molecule has 1 aromatic carbocycles. The molecule has 0 radical (unpaired) electrons. The van der Waals surface area contributed by atoms with Crippen molar-refractivity contribution < 1.29 is 19.1 Å². The van der Waals surface area contributed by atoms with E-state index in [4.69, 9.17) is 15.2 Å². The molecular weight excluding hydrogens is 417 g/mol. The number of benzene rings is 1. The van der Waals surface area contributed by atoms with Gasteiger partial charge >= 0.3 is 11.9 Å². The zero-order valence-corrected chi connectivity index (χ0v) is 17.5. The summed E-state index contributed by atoms with van der Waals surface area (Å²) in [6, 6.07) is 7.78. The van der Waals surface area contributed by atoms with Crippen LogP contribution in [0.2, 0.25) is 0 Å². The highest BCUT2D eigenvalue weighted by Gasteiger charge is 2.38. The quantitative estimate of drug-likeness (QED) is 0.402. The Morgan fingerprint density at radius 1 is 1.14 bits per heavy atom. The Hall–Kier alpha value is -2.35. The molecule has 0 bridgehead atoms. The molecule has 1 aliphatic carbocycles. The lowest BCUT2D eigenvalue weighted by Gasteiger charge is -2.20. The first-order chi connectivity index (χ1) is 13.0. The second kappa shape index (κ2) is 11.6. The van der Waals surface area contributed by atoms with Crippen LogP contribution in [-0.2, 0) is 25.6 Å². The summed E-state index contributed by atoms with van der Waals surface area (Å²) in [5.41, 5.74) is 7.04. The third-order valence-corrected chi connectivity index (χ3v) is 4.61. The average molecular weight is 442 g/mol. The van der Waals surface area contributed by atoms with Crippen LogP contribution in [0.3, 0.4) is 0 Å². The molecule has 0 atom stereocenters. The maximum Gasteiger partial charge on any atom is 0.333 e. The summed E-state index contributed by atoms with van der Waals surface area (Å²) in [6.07, 6.45) is 11.4. The highest BCUT2D eigenvalue weighted by molar-refractivity contribution is 5.87. The fourth-order valence-corrected chi connectivity index (χ4v) is 3.03. The minimum absolute atomic E-state index is 0. The van der Waals surface area contributed by atoms with Gasteiger partial charge in [0.25, 0.3) is 0 Å². The molecule has 0 saturated heterocycles. The third kappa shape index (κ3) is 7.20. The van der Waals surface area contributed by atoms with E-state index in [1.165, 1.54) is 6.08 Å². The van der Waals surface area contributed by atoms with Crippen LogP contribution >= 0.6 is 24.8 Å². The molecule has 2 aromatic rings. The van der Waals surface area contributed by atoms with Crippen molar-refractivity contribution in [3.05, 3.63) is 60.2 Å². The van der Waals surface area contributed by atoms with Gasteiger partial charge in [-0.2, -0.15) is 0 Å². The molecule has 1 saturated carbocycles. The van der Waals surface area contributed by atoms with E-state index in [1.807, 2.05) is 35.0 Å². The van der Waals surface area contributed by atoms with Gasteiger partial charge in [0.05, 0.1) is 6.33 Å². The molecule has 2 N–H and O–H groups in total. The summed E-state index contributed by atoms with van der Waals surface area (Å²) in [4.78, 5) is 27.7. The van der Waals surface area contributed by atoms with Crippen molar-refractivity contribution in [3.8, 4) is 0 Å². The number of carbonyl (C=O) groups is 2. The average Bonchev–Trinajstić information content (AvgIpc) is 3.33. The zero-order valence-electron chi connectivity index (χ0n) is 15.9. The van der Waals surface area contributed by atoms with Crippen LogP contribution in [0.1, 0.15) is 36.8 Å². The Labute approximate surface area is 182 Å². The van der Waals surface area contributed by atoms with E-state index in [2.05, 4.69) is 4.98 Å². The van der Waals surface area contributed by atoms with Gasteiger partial charge in [-0.15, -0.1) is 24.8 Å². The Morgan fingerprint density at radius 3 is 2.45 bits per heavy atom. The molecule has 0 aliphatic heterocycles. The molecule has 3 rings (SSSR count). The number of imidazole rings is 1. The topological polar surface area (TPSA) is 96.4 Å². The van der Waals surface area contributed by atoms with Crippen molar-refractivity contribution in [2.75, 3.05) is 6.79 Å². The van der Waals surface area contributed by atoms with Crippen molar-refractivity contribution in [1.82, 2.24) is 9.55 Å². The van der Waals surface area contributed by atoms with Crippen LogP contribution in [-0.4, -0.2) is 33.8 Å². The number of aromatic nitrogens is 2. The maximum atomic E-state index is 11.9. The van der Waals surface area contributed by atoms with E-state index in [0.717, 1.165) is 30.5 Å². The van der Waals surface area contributed by atoms with Gasteiger partial charge in [-0.25, -0.2) is 14.6 Å². The molecule has 0 unspecified atom stereocenters. The summed E-state index contributed by atoms with van der Waals surface area (Å²) < 4.78 is 11.8. The van der Waals surface area contributed by atoms with Crippen LogP contribution in [0.4, 0.5) is 0 Å². The van der Waals surface area contributed by atoms with Crippen molar-refractivity contribution in [2.45, 2.75) is 37.8 Å². The molecule has 7 nitrogen and oxygen atoms in total. The van der Waals surface area contributed by atoms with E-state index >= 15 is 0 Å². The zero-order chi connectivity index (χ0) is 19.1. The normalized spacial score (nSPS) is 14.7. The molecule has 1 aliphatic rings. The number of esters is 2. The van der Waals surface area contributed by atoms with Gasteiger partial charge in [0, 0.05) is 25.0 Å². The van der Waals surface area contributed by atoms with Crippen molar-refractivity contribution in [1.29, 1.82) is 0 Å². The predicted molar refractivity (Wildman–Crippen MR) is 114 cm³/mol. The molecular formula is C20H25Cl2N3O4. The molecule has 1 aromatic heterocycles. The van der Waals surface area contributed by atoms with E-state index < -0.39 is 24.3 Å². The fraction of sp³-hybridized carbons (Fsp3) is 0.350. The van der Waals surface area contributed by atoms with E-state index in [-0.39, 0.29) is 24.8 Å². The van der Waals surface area contributed by atoms with Crippen LogP contribution in [0.5, 0.6) is 0 Å². The molecule has 29 heavy (non-hydrogen) atoms. The lowest BCUT2D eigenvalue weighted by molar-refractivity contribution is -0.168. The van der Waals surface area contributed by atoms with Gasteiger partial charge in [-0.05, 0) is 30.0 Å². The van der Waals surface area contributed by atoms with Gasteiger partial charge in [0.15, 0.2) is 0 Å². The summed E-state index contributed by atoms with van der Waals surface area (Å²) in [5.74, 6) is -1.09. The summed E-state index contributed by atoms with van der Waals surface area (Å²) in [6.45, 7) is 0.310. The minimum Gasteiger partial charge on any atom is -0.426 e. The van der Waals surface area contributed by atoms with Crippen LogP contribution in [0.15, 0.2) is 49.1 Å². The molecule has 0 spiro atoms. The first-order valence-electron chi connectivity index (χ1n) is 8.91. The number of ether oxygens (including phenoxy) is 2. The molecule has 0 amide bonds. The Bertz CT molecular complexity index is 802. The van der Waals surface area contributed by atoms with Crippen LogP contribution < -0.4 is 5.73 Å². The minimum atomic E-state index is -0.930. The Kier molecular flexibility index (Phi) is 9.88. The Balaban J connectivity index is 0.00000210. The number of halogens is 2. The second-order valence-corrected chi connectivity index (χ2v) is 6.69. The highest BCUT2D eigenvalue weighted by atomic mass is 35.5. The second-order valence-electron chi connectivity index (χ2n) is 6.69. The van der Waals surface area contributed by atoms with E-state index in [9.17, 15) is 9.59 Å². The van der Waals surface area contributed by atoms with Gasteiger partial charge < -0.3 is 19.8 Å². The molecule has 158 valence electrons. The van der Waals surface area contributed by atoms with E-state index in [1.54, 1.807) is 18.6 Å². The number of rotatable bonds is 7. The number of nitrogens with two attached hydrogens (primary N) is 1. The fourth-order valence-electron chi connectivity index (χ4n) is 3.03. The number of hydrogen-bond acceptors (Lipinski definition) is 6. The highest BCUT2D eigenvalue weighted by Crippen LogP contribution is 2.28. The van der Waals surface area contributed by atoms with Gasteiger partial charge in [0.1, 0.15) is 5.54 Å². The smallest absolute Gasteiger partial charge is 0.333 e. The summed E-state index contributed by atoms with van der Waals surface area (Å²) >= 11 is 0. The first-order valence-corrected chi connectivity index (χ1v) is 8.91. The molecule has 9 heteroatoms. The standard InChI is InChI=1S/C20H23N3O4.2ClH/c21-20(9-1-2-10-20)19(25)27-15-26-18(24)8-7-16-3-5-17(6-4-16)13-23-12-11-22-14-23;;/h3-8,11-12,14H,1-2,9-10,13,15,21H2;2*1H/b8-7+;;. The van der Waals surface area contributed by atoms with Crippen molar-refractivity contribution in [2.24, 2.45) is 5.73 Å². The lowest BCUT2D eigenvalue weighted by atomic mass is 10.00. The Morgan fingerprint density at radius 2 is 1.83 bits per heavy atom. The largest absolute Gasteiger partial charge is 0.426 e. The number of nitrogens with zero attached hydrogens (tertiary/aromatic N) is 2. The van der Waals surface area contributed by atoms with Gasteiger partial charge in [-0.3, -0.25) is 0 Å². The molecule has 1 heterocycles. The number of hydrogen-bond donors (Lipinski definition) is 1. The lowest BCUT2D eigenvalue weighted by Crippen LogP contribution is -2.46. The third-order valence-electron chi connectivity index (χ3n) is 4.61. The van der Waals surface area contributed by atoms with Crippen LogP contribution in [0, 0.1) is 0 Å². The van der Waals surface area contributed by atoms with E-state index in [0.29, 0.717) is 12.8 Å². The van der Waals surface area contributed by atoms with Gasteiger partial charge in [0.2, 0.25) is 6.79 Å². The summed E-state index contributed by atoms with van der Waals surface area (Å²) in [5, 5.41) is 0.